The van der Waals surface area contributed by atoms with Crippen LogP contribution in [0.1, 0.15) is 16.8 Å². The lowest BCUT2D eigenvalue weighted by Gasteiger charge is -2.13. The molecule has 1 heterocycles. The maximum Gasteiger partial charge on any atom is 0.262 e. The van der Waals surface area contributed by atoms with Crippen LogP contribution >= 0.6 is 23.2 Å². The van der Waals surface area contributed by atoms with Gasteiger partial charge in [-0.3, -0.25) is 4.79 Å². The highest BCUT2D eigenvalue weighted by molar-refractivity contribution is 6.35. The Hall–Kier alpha value is -1.98. The predicted octanol–water partition coefficient (Wildman–Crippen LogP) is 2.61. The summed E-state index contributed by atoms with van der Waals surface area (Å²) in [5.74, 6) is -0.237. The Morgan fingerprint density at radius 1 is 1.29 bits per heavy atom. The van der Waals surface area contributed by atoms with E-state index in [0.29, 0.717) is 21.3 Å². The Morgan fingerprint density at radius 3 is 2.48 bits per heavy atom. The van der Waals surface area contributed by atoms with E-state index in [9.17, 15) is 4.79 Å². The van der Waals surface area contributed by atoms with Crippen LogP contribution in [0.3, 0.4) is 0 Å². The zero-order valence-electron chi connectivity index (χ0n) is 11.2. The van der Waals surface area contributed by atoms with Gasteiger partial charge in [0.1, 0.15) is 0 Å². The Morgan fingerprint density at radius 2 is 1.90 bits per heavy atom. The second-order valence-electron chi connectivity index (χ2n) is 4.47. The van der Waals surface area contributed by atoms with E-state index in [1.807, 2.05) is 0 Å². The number of hydrogen-bond donors (Lipinski definition) is 2. The summed E-state index contributed by atoms with van der Waals surface area (Å²) in [6.07, 6.45) is 0. The fraction of sp³-hybridized carbons (Fsp3) is 0.143. The lowest BCUT2D eigenvalue weighted by molar-refractivity contribution is 0.318. The van der Waals surface area contributed by atoms with Gasteiger partial charge >= 0.3 is 0 Å². The zero-order chi connectivity index (χ0) is 15.6. The molecule has 0 unspecified atom stereocenters. The largest absolute Gasteiger partial charge is 0.409 e. The van der Waals surface area contributed by atoms with Crippen molar-refractivity contribution in [3.05, 3.63) is 67.6 Å². The normalized spacial score (nSPS) is 11.7. The number of oxime groups is 1. The Balaban J connectivity index is 2.57. The lowest BCUT2D eigenvalue weighted by atomic mass is 10.2. The molecule has 0 spiro atoms. The van der Waals surface area contributed by atoms with Crippen LogP contribution in [-0.4, -0.2) is 15.6 Å². The number of aromatic nitrogens is 1. The summed E-state index contributed by atoms with van der Waals surface area (Å²) in [5, 5.41) is 12.5. The molecule has 0 radical (unpaired) electrons. The molecule has 1 aromatic carbocycles. The fourth-order valence-corrected chi connectivity index (χ4v) is 2.47. The Labute approximate surface area is 131 Å². The minimum absolute atomic E-state index is 0.117. The van der Waals surface area contributed by atoms with Crippen LogP contribution in [0.15, 0.2) is 40.3 Å². The van der Waals surface area contributed by atoms with Gasteiger partial charge in [0.15, 0.2) is 5.84 Å². The van der Waals surface area contributed by atoms with Crippen molar-refractivity contribution in [2.45, 2.75) is 13.5 Å². The van der Waals surface area contributed by atoms with Crippen molar-refractivity contribution in [1.29, 1.82) is 0 Å². The van der Waals surface area contributed by atoms with E-state index in [1.54, 1.807) is 31.2 Å². The molecule has 0 fully saturated rings. The molecule has 0 amide bonds. The van der Waals surface area contributed by atoms with Gasteiger partial charge in [0.2, 0.25) is 0 Å². The lowest BCUT2D eigenvalue weighted by Crippen LogP contribution is -2.31. The van der Waals surface area contributed by atoms with Crippen LogP contribution in [0.25, 0.3) is 0 Å². The van der Waals surface area contributed by atoms with Gasteiger partial charge in [-0.15, -0.1) is 0 Å². The van der Waals surface area contributed by atoms with Crippen molar-refractivity contribution in [3.8, 4) is 0 Å². The van der Waals surface area contributed by atoms with Crippen LogP contribution < -0.4 is 11.3 Å². The first-order valence-corrected chi connectivity index (χ1v) is 6.82. The van der Waals surface area contributed by atoms with Crippen molar-refractivity contribution < 1.29 is 5.21 Å². The van der Waals surface area contributed by atoms with Crippen molar-refractivity contribution >= 4 is 29.0 Å². The van der Waals surface area contributed by atoms with Gasteiger partial charge in [-0.1, -0.05) is 34.4 Å². The number of halogens is 2. The van der Waals surface area contributed by atoms with Crippen molar-refractivity contribution in [3.63, 3.8) is 0 Å². The molecule has 0 bridgehead atoms. The third-order valence-electron chi connectivity index (χ3n) is 3.15. The number of benzene rings is 1. The monoisotopic (exact) mass is 325 g/mol. The summed E-state index contributed by atoms with van der Waals surface area (Å²) in [4.78, 5) is 12.4. The van der Waals surface area contributed by atoms with E-state index < -0.39 is 0 Å². The van der Waals surface area contributed by atoms with Gasteiger partial charge in [0, 0.05) is 21.3 Å². The van der Waals surface area contributed by atoms with Crippen LogP contribution in [0, 0.1) is 6.92 Å². The SMILES string of the molecule is Cc1ccc(/C(N)=N/O)c(=O)n1Cc1c(Cl)cccc1Cl. The van der Waals surface area contributed by atoms with Gasteiger partial charge in [0.25, 0.3) is 5.56 Å². The van der Waals surface area contributed by atoms with Crippen LogP contribution in [0.4, 0.5) is 0 Å². The Kier molecular flexibility index (Phi) is 4.55. The quantitative estimate of drug-likeness (QED) is 0.394. The van der Waals surface area contributed by atoms with Crippen LogP contribution in [0.5, 0.6) is 0 Å². The summed E-state index contributed by atoms with van der Waals surface area (Å²) in [5.41, 5.74) is 6.60. The molecule has 2 rings (SSSR count). The second-order valence-corrected chi connectivity index (χ2v) is 5.28. The van der Waals surface area contributed by atoms with Crippen molar-refractivity contribution in [1.82, 2.24) is 4.57 Å². The standard InChI is InChI=1S/C14H13Cl2N3O2/c1-8-5-6-9(13(17)18-21)14(20)19(8)7-10-11(15)3-2-4-12(10)16/h2-6,21H,7H2,1H3,(H2,17,18). The summed E-state index contributed by atoms with van der Waals surface area (Å²) in [6.45, 7) is 1.98. The number of aryl methyl sites for hydroxylation is 1. The molecule has 0 aliphatic carbocycles. The number of rotatable bonds is 3. The molecule has 5 nitrogen and oxygen atoms in total. The summed E-state index contributed by atoms with van der Waals surface area (Å²) < 4.78 is 1.47. The van der Waals surface area contributed by atoms with Gasteiger partial charge in [-0.25, -0.2) is 0 Å². The molecule has 0 saturated heterocycles. The molecular formula is C14H13Cl2N3O2. The highest BCUT2D eigenvalue weighted by Crippen LogP contribution is 2.25. The minimum Gasteiger partial charge on any atom is -0.409 e. The highest BCUT2D eigenvalue weighted by Gasteiger charge is 2.13. The number of amidine groups is 1. The van der Waals surface area contributed by atoms with E-state index in [1.165, 1.54) is 10.6 Å². The average Bonchev–Trinajstić information content (AvgIpc) is 2.45. The number of pyridine rings is 1. The predicted molar refractivity (Wildman–Crippen MR) is 83.5 cm³/mol. The molecule has 0 aliphatic heterocycles. The maximum atomic E-state index is 12.4. The smallest absolute Gasteiger partial charge is 0.262 e. The van der Waals surface area contributed by atoms with Crippen LogP contribution in [-0.2, 0) is 6.54 Å². The molecule has 0 atom stereocenters. The first-order valence-electron chi connectivity index (χ1n) is 6.07. The highest BCUT2D eigenvalue weighted by atomic mass is 35.5. The number of nitrogens with zero attached hydrogens (tertiary/aromatic N) is 2. The van der Waals surface area contributed by atoms with E-state index in [0.717, 1.165) is 0 Å². The van der Waals surface area contributed by atoms with Gasteiger partial charge in [-0.2, -0.15) is 0 Å². The summed E-state index contributed by atoms with van der Waals surface area (Å²) in [6, 6.07) is 8.36. The summed E-state index contributed by atoms with van der Waals surface area (Å²) >= 11 is 12.3. The van der Waals surface area contributed by atoms with E-state index in [-0.39, 0.29) is 23.5 Å². The average molecular weight is 326 g/mol. The van der Waals surface area contributed by atoms with Gasteiger partial charge < -0.3 is 15.5 Å². The van der Waals surface area contributed by atoms with Crippen LogP contribution in [0.2, 0.25) is 10.0 Å². The van der Waals surface area contributed by atoms with Gasteiger partial charge in [0.05, 0.1) is 12.1 Å². The molecule has 1 aromatic heterocycles. The van der Waals surface area contributed by atoms with E-state index in [2.05, 4.69) is 5.16 Å². The third-order valence-corrected chi connectivity index (χ3v) is 3.86. The molecule has 21 heavy (non-hydrogen) atoms. The molecule has 0 saturated carbocycles. The molecule has 110 valence electrons. The van der Waals surface area contributed by atoms with Crippen molar-refractivity contribution in [2.24, 2.45) is 10.9 Å². The number of hydrogen-bond acceptors (Lipinski definition) is 3. The fourth-order valence-electron chi connectivity index (χ4n) is 1.96. The minimum atomic E-state index is -0.374. The maximum absolute atomic E-state index is 12.4. The second kappa shape index (κ2) is 6.20. The molecule has 7 heteroatoms. The first-order chi connectivity index (χ1) is 9.95. The molecule has 2 aromatic rings. The van der Waals surface area contributed by atoms with Gasteiger partial charge in [-0.05, 0) is 31.2 Å². The molecular weight excluding hydrogens is 313 g/mol. The number of nitrogens with two attached hydrogens (primary N) is 1. The third kappa shape index (κ3) is 3.04. The van der Waals surface area contributed by atoms with Crippen molar-refractivity contribution in [2.75, 3.05) is 0 Å². The molecule has 3 N–H and O–H groups in total. The zero-order valence-corrected chi connectivity index (χ0v) is 12.7. The Bertz CT molecular complexity index is 749. The molecule has 0 aliphatic rings. The summed E-state index contributed by atoms with van der Waals surface area (Å²) in [7, 11) is 0. The van der Waals surface area contributed by atoms with E-state index in [4.69, 9.17) is 34.1 Å². The topological polar surface area (TPSA) is 80.6 Å². The first kappa shape index (κ1) is 15.4. The van der Waals surface area contributed by atoms with E-state index >= 15 is 0 Å².